The van der Waals surface area contributed by atoms with E-state index >= 15 is 0 Å². The summed E-state index contributed by atoms with van der Waals surface area (Å²) < 4.78 is 3.72. The lowest BCUT2D eigenvalue weighted by atomic mass is 9.90. The summed E-state index contributed by atoms with van der Waals surface area (Å²) in [6.07, 6.45) is 0.698. The van der Waals surface area contributed by atoms with E-state index in [0.29, 0.717) is 17.5 Å². The molecule has 4 heteroatoms. The van der Waals surface area contributed by atoms with Crippen LogP contribution in [0.5, 0.6) is 0 Å². The van der Waals surface area contributed by atoms with Crippen LogP contribution in [0.1, 0.15) is 29.3 Å². The first-order valence-electron chi connectivity index (χ1n) is 7.12. The first-order chi connectivity index (χ1) is 10.6. The number of hydrogen-bond donors (Lipinski definition) is 0. The van der Waals surface area contributed by atoms with Crippen molar-refractivity contribution >= 4 is 27.7 Å². The fraction of sp³-hybridized carbons (Fsp3) is 0.222. The van der Waals surface area contributed by atoms with Crippen molar-refractivity contribution in [1.29, 1.82) is 0 Å². The number of halogens is 1. The van der Waals surface area contributed by atoms with Crippen LogP contribution < -0.4 is 0 Å². The zero-order valence-electron chi connectivity index (χ0n) is 12.3. The summed E-state index contributed by atoms with van der Waals surface area (Å²) in [5.41, 5.74) is 1.02. The standard InChI is InChI=1S/C18H17BrO3/c1-2-13-22-17(21)18(19,15-11-7-4-8-12-15)16(20)14-9-5-3-6-10-14/h3-12H,2,13H2,1H3. The van der Waals surface area contributed by atoms with E-state index in [1.54, 1.807) is 48.5 Å². The molecular weight excluding hydrogens is 344 g/mol. The summed E-state index contributed by atoms with van der Waals surface area (Å²) in [5, 5.41) is 0. The highest BCUT2D eigenvalue weighted by molar-refractivity contribution is 9.10. The molecule has 3 nitrogen and oxygen atoms in total. The van der Waals surface area contributed by atoms with Gasteiger partial charge in [-0.05, 0) is 12.0 Å². The van der Waals surface area contributed by atoms with Crippen LogP contribution in [0, 0.1) is 0 Å². The normalized spacial score (nSPS) is 13.2. The summed E-state index contributed by atoms with van der Waals surface area (Å²) >= 11 is 3.37. The molecule has 0 fully saturated rings. The van der Waals surface area contributed by atoms with Crippen molar-refractivity contribution < 1.29 is 14.3 Å². The predicted molar refractivity (Wildman–Crippen MR) is 89.1 cm³/mol. The number of Topliss-reactive ketones (excluding diaryl/α,β-unsaturated/α-hetero) is 1. The van der Waals surface area contributed by atoms with E-state index in [2.05, 4.69) is 15.9 Å². The van der Waals surface area contributed by atoms with Crippen LogP contribution in [0.2, 0.25) is 0 Å². The average Bonchev–Trinajstić information content (AvgIpc) is 2.59. The molecule has 0 aliphatic rings. The fourth-order valence-corrected chi connectivity index (χ4v) is 2.70. The van der Waals surface area contributed by atoms with Crippen molar-refractivity contribution in [3.63, 3.8) is 0 Å². The highest BCUT2D eigenvalue weighted by atomic mass is 79.9. The van der Waals surface area contributed by atoms with Crippen LogP contribution in [-0.2, 0) is 13.9 Å². The summed E-state index contributed by atoms with van der Waals surface area (Å²) in [7, 11) is 0. The molecule has 0 aliphatic heterocycles. The van der Waals surface area contributed by atoms with E-state index in [1.807, 2.05) is 19.1 Å². The van der Waals surface area contributed by atoms with Gasteiger partial charge in [-0.3, -0.25) is 4.79 Å². The predicted octanol–water partition coefficient (Wildman–Crippen LogP) is 4.11. The molecule has 0 heterocycles. The van der Waals surface area contributed by atoms with Crippen LogP contribution in [0.15, 0.2) is 60.7 Å². The maximum atomic E-state index is 12.9. The monoisotopic (exact) mass is 360 g/mol. The van der Waals surface area contributed by atoms with Crippen molar-refractivity contribution in [2.45, 2.75) is 17.7 Å². The second kappa shape index (κ2) is 7.36. The molecule has 0 aliphatic carbocycles. The third-order valence-corrected chi connectivity index (χ3v) is 4.38. The third kappa shape index (κ3) is 3.28. The molecular formula is C18H17BrO3. The number of ketones is 1. The van der Waals surface area contributed by atoms with Gasteiger partial charge in [0, 0.05) is 5.56 Å². The number of ether oxygens (including phenoxy) is 1. The molecule has 2 aromatic carbocycles. The second-order valence-electron chi connectivity index (χ2n) is 4.86. The van der Waals surface area contributed by atoms with E-state index in [1.165, 1.54) is 0 Å². The largest absolute Gasteiger partial charge is 0.464 e. The number of alkyl halides is 1. The molecule has 114 valence electrons. The van der Waals surface area contributed by atoms with Crippen LogP contribution in [0.25, 0.3) is 0 Å². The number of benzene rings is 2. The molecule has 0 radical (unpaired) electrons. The molecule has 0 bridgehead atoms. The van der Waals surface area contributed by atoms with Gasteiger partial charge in [0.25, 0.3) is 0 Å². The maximum Gasteiger partial charge on any atom is 0.335 e. The first kappa shape index (κ1) is 16.4. The van der Waals surface area contributed by atoms with Crippen molar-refractivity contribution in [3.8, 4) is 0 Å². The Labute approximate surface area is 138 Å². The molecule has 1 unspecified atom stereocenters. The van der Waals surface area contributed by atoms with Gasteiger partial charge in [-0.15, -0.1) is 0 Å². The molecule has 22 heavy (non-hydrogen) atoms. The van der Waals surface area contributed by atoms with E-state index in [9.17, 15) is 9.59 Å². The van der Waals surface area contributed by atoms with Crippen molar-refractivity contribution in [2.75, 3.05) is 6.61 Å². The molecule has 0 amide bonds. The summed E-state index contributed by atoms with van der Waals surface area (Å²) in [5.74, 6) is -0.921. The Balaban J connectivity index is 2.46. The van der Waals surface area contributed by atoms with Crippen molar-refractivity contribution in [2.24, 2.45) is 0 Å². The smallest absolute Gasteiger partial charge is 0.335 e. The summed E-state index contributed by atoms with van der Waals surface area (Å²) in [4.78, 5) is 25.5. The van der Waals surface area contributed by atoms with E-state index in [4.69, 9.17) is 4.74 Å². The first-order valence-corrected chi connectivity index (χ1v) is 7.91. The minimum absolute atomic E-state index is 0.279. The second-order valence-corrected chi connectivity index (χ2v) is 6.05. The van der Waals surface area contributed by atoms with Gasteiger partial charge in [0.2, 0.25) is 4.32 Å². The van der Waals surface area contributed by atoms with E-state index in [-0.39, 0.29) is 12.4 Å². The SMILES string of the molecule is CCCOC(=O)C(Br)(C(=O)c1ccccc1)c1ccccc1. The Hall–Kier alpha value is -1.94. The highest BCUT2D eigenvalue weighted by Crippen LogP contribution is 2.36. The van der Waals surface area contributed by atoms with Gasteiger partial charge in [0.1, 0.15) is 0 Å². The van der Waals surface area contributed by atoms with Gasteiger partial charge in [-0.1, -0.05) is 83.5 Å². The lowest BCUT2D eigenvalue weighted by molar-refractivity contribution is -0.145. The number of esters is 1. The van der Waals surface area contributed by atoms with Crippen LogP contribution in [-0.4, -0.2) is 18.4 Å². The quantitative estimate of drug-likeness (QED) is 0.337. The maximum absolute atomic E-state index is 12.9. The minimum Gasteiger partial charge on any atom is -0.464 e. The Morgan fingerprint density at radius 2 is 1.55 bits per heavy atom. The van der Waals surface area contributed by atoms with Gasteiger partial charge in [0.05, 0.1) is 6.61 Å². The average molecular weight is 361 g/mol. The summed E-state index contributed by atoms with van der Waals surface area (Å²) in [6, 6.07) is 17.6. The van der Waals surface area contributed by atoms with Crippen LogP contribution in [0.3, 0.4) is 0 Å². The Morgan fingerprint density at radius 3 is 2.09 bits per heavy atom. The number of rotatable bonds is 6. The molecule has 2 aromatic rings. The highest BCUT2D eigenvalue weighted by Gasteiger charge is 2.46. The molecule has 2 rings (SSSR count). The fourth-order valence-electron chi connectivity index (χ4n) is 2.09. The molecule has 0 spiro atoms. The zero-order chi connectivity index (χ0) is 16.0. The zero-order valence-corrected chi connectivity index (χ0v) is 13.9. The Kier molecular flexibility index (Phi) is 5.50. The van der Waals surface area contributed by atoms with Crippen LogP contribution in [0.4, 0.5) is 0 Å². The topological polar surface area (TPSA) is 43.4 Å². The third-order valence-electron chi connectivity index (χ3n) is 3.24. The van der Waals surface area contributed by atoms with Gasteiger partial charge >= 0.3 is 5.97 Å². The molecule has 1 atom stereocenters. The van der Waals surface area contributed by atoms with E-state index in [0.717, 1.165) is 0 Å². The Morgan fingerprint density at radius 1 is 1.00 bits per heavy atom. The van der Waals surface area contributed by atoms with Crippen molar-refractivity contribution in [3.05, 3.63) is 71.8 Å². The van der Waals surface area contributed by atoms with Gasteiger partial charge in [-0.2, -0.15) is 0 Å². The summed E-state index contributed by atoms with van der Waals surface area (Å²) in [6.45, 7) is 2.19. The number of carbonyl (C=O) groups is 2. The number of carbonyl (C=O) groups excluding carboxylic acids is 2. The van der Waals surface area contributed by atoms with Crippen LogP contribution >= 0.6 is 15.9 Å². The lowest BCUT2D eigenvalue weighted by Crippen LogP contribution is -2.39. The molecule has 0 saturated heterocycles. The molecule has 0 saturated carbocycles. The van der Waals surface area contributed by atoms with Crippen molar-refractivity contribution in [1.82, 2.24) is 0 Å². The van der Waals surface area contributed by atoms with Gasteiger partial charge in [0.15, 0.2) is 5.78 Å². The Bertz CT molecular complexity index is 640. The van der Waals surface area contributed by atoms with Gasteiger partial charge in [-0.25, -0.2) is 4.79 Å². The number of hydrogen-bond acceptors (Lipinski definition) is 3. The van der Waals surface area contributed by atoms with E-state index < -0.39 is 10.3 Å². The lowest BCUT2D eigenvalue weighted by Gasteiger charge is -2.24. The van der Waals surface area contributed by atoms with Gasteiger partial charge < -0.3 is 4.74 Å². The minimum atomic E-state index is -1.52. The molecule has 0 aromatic heterocycles. The molecule has 0 N–H and O–H groups in total.